The molecule has 0 aliphatic rings. The number of pyridine rings is 1. The Hall–Kier alpha value is -2.29. The summed E-state index contributed by atoms with van der Waals surface area (Å²) in [4.78, 5) is 4.77. The normalized spacial score (nSPS) is 11.2. The third-order valence-corrected chi connectivity index (χ3v) is 3.51. The van der Waals surface area contributed by atoms with E-state index < -0.39 is 0 Å². The first-order valence-electron chi connectivity index (χ1n) is 7.48. The van der Waals surface area contributed by atoms with E-state index in [1.807, 2.05) is 18.2 Å². The number of benzene rings is 1. The van der Waals surface area contributed by atoms with Gasteiger partial charge in [-0.15, -0.1) is 0 Å². The highest BCUT2D eigenvalue weighted by atomic mass is 15.1. The maximum atomic E-state index is 4.77. The van der Waals surface area contributed by atoms with Crippen LogP contribution in [0.3, 0.4) is 0 Å². The second-order valence-electron chi connectivity index (χ2n) is 5.77. The number of rotatable bonds is 5. The molecule has 0 atom stereocenters. The monoisotopic (exact) mass is 279 g/mol. The zero-order valence-corrected chi connectivity index (χ0v) is 12.6. The van der Waals surface area contributed by atoms with Gasteiger partial charge in [-0.1, -0.05) is 50.2 Å². The number of anilines is 1. The Labute approximate surface area is 125 Å². The highest BCUT2D eigenvalue weighted by Crippen LogP contribution is 2.21. The Balaban J connectivity index is 1.91. The number of nitrogens with zero attached hydrogens (tertiary/aromatic N) is 2. The lowest BCUT2D eigenvalue weighted by Crippen LogP contribution is -2.06. The second kappa shape index (κ2) is 6.00. The first kappa shape index (κ1) is 13.7. The third-order valence-electron chi connectivity index (χ3n) is 3.51. The predicted octanol–water partition coefficient (Wildman–Crippen LogP) is 4.14. The minimum Gasteiger partial charge on any atom is -0.366 e. The largest absolute Gasteiger partial charge is 0.366 e. The highest BCUT2D eigenvalue weighted by Gasteiger charge is 2.12. The molecule has 0 spiro atoms. The summed E-state index contributed by atoms with van der Waals surface area (Å²) in [6, 6.07) is 16.6. The Kier molecular flexibility index (Phi) is 3.91. The molecule has 3 aromatic rings. The molecule has 0 aliphatic heterocycles. The Bertz CT molecular complexity index is 714. The molecule has 3 rings (SSSR count). The molecule has 108 valence electrons. The van der Waals surface area contributed by atoms with Gasteiger partial charge >= 0.3 is 0 Å². The van der Waals surface area contributed by atoms with Crippen molar-refractivity contribution in [3.8, 4) is 0 Å². The fourth-order valence-corrected chi connectivity index (χ4v) is 2.54. The molecule has 2 heterocycles. The Morgan fingerprint density at radius 3 is 2.57 bits per heavy atom. The molecular formula is C18H21N3. The zero-order valence-electron chi connectivity index (χ0n) is 12.6. The lowest BCUT2D eigenvalue weighted by atomic mass is 10.1. The highest BCUT2D eigenvalue weighted by molar-refractivity contribution is 5.55. The van der Waals surface area contributed by atoms with Crippen LogP contribution >= 0.6 is 0 Å². The molecule has 0 aliphatic carbocycles. The lowest BCUT2D eigenvalue weighted by Gasteiger charge is -2.10. The molecule has 2 aromatic heterocycles. The van der Waals surface area contributed by atoms with E-state index >= 15 is 0 Å². The van der Waals surface area contributed by atoms with Gasteiger partial charge in [0.2, 0.25) is 0 Å². The fraction of sp³-hybridized carbons (Fsp3) is 0.278. The van der Waals surface area contributed by atoms with Gasteiger partial charge < -0.3 is 5.32 Å². The molecular weight excluding hydrogens is 258 g/mol. The number of hydrogen-bond acceptors (Lipinski definition) is 2. The molecule has 0 saturated carbocycles. The van der Waals surface area contributed by atoms with E-state index in [1.54, 1.807) is 0 Å². The Morgan fingerprint density at radius 2 is 1.81 bits per heavy atom. The standard InChI is InChI=1S/C18H21N3/c1-14(2)12-16-18(19-13-15-8-4-3-5-9-15)21-11-7-6-10-17(21)20-16/h3-11,14,19H,12-13H2,1-2H3. The van der Waals surface area contributed by atoms with Gasteiger partial charge in [0.1, 0.15) is 11.5 Å². The van der Waals surface area contributed by atoms with E-state index in [9.17, 15) is 0 Å². The summed E-state index contributed by atoms with van der Waals surface area (Å²) in [6.45, 7) is 5.27. The van der Waals surface area contributed by atoms with Crippen molar-refractivity contribution in [3.63, 3.8) is 0 Å². The topological polar surface area (TPSA) is 29.3 Å². The maximum absolute atomic E-state index is 4.77. The van der Waals surface area contributed by atoms with E-state index in [0.29, 0.717) is 5.92 Å². The van der Waals surface area contributed by atoms with Gasteiger partial charge in [-0.3, -0.25) is 4.40 Å². The first-order valence-corrected chi connectivity index (χ1v) is 7.48. The predicted molar refractivity (Wildman–Crippen MR) is 87.5 cm³/mol. The molecule has 1 aromatic carbocycles. The van der Waals surface area contributed by atoms with Crippen molar-refractivity contribution in [2.75, 3.05) is 5.32 Å². The summed E-state index contributed by atoms with van der Waals surface area (Å²) < 4.78 is 2.14. The number of nitrogens with one attached hydrogen (secondary N) is 1. The fourth-order valence-electron chi connectivity index (χ4n) is 2.54. The van der Waals surface area contributed by atoms with Crippen LogP contribution in [0.4, 0.5) is 5.82 Å². The maximum Gasteiger partial charge on any atom is 0.138 e. The minimum atomic E-state index is 0.590. The van der Waals surface area contributed by atoms with Crippen LogP contribution in [0.5, 0.6) is 0 Å². The van der Waals surface area contributed by atoms with Crippen LogP contribution in [0, 0.1) is 5.92 Å². The molecule has 0 fully saturated rings. The van der Waals surface area contributed by atoms with Crippen LogP contribution in [0.15, 0.2) is 54.7 Å². The number of aromatic nitrogens is 2. The third kappa shape index (κ3) is 3.07. The number of hydrogen-bond donors (Lipinski definition) is 1. The molecule has 3 heteroatoms. The summed E-state index contributed by atoms with van der Waals surface area (Å²) in [6.07, 6.45) is 3.05. The van der Waals surface area contributed by atoms with Crippen molar-refractivity contribution in [2.45, 2.75) is 26.8 Å². The van der Waals surface area contributed by atoms with Crippen LogP contribution in [0.25, 0.3) is 5.65 Å². The summed E-state index contributed by atoms with van der Waals surface area (Å²) in [5.74, 6) is 1.70. The second-order valence-corrected chi connectivity index (χ2v) is 5.77. The quantitative estimate of drug-likeness (QED) is 0.760. The number of imidazole rings is 1. The molecule has 3 nitrogen and oxygen atoms in total. The summed E-state index contributed by atoms with van der Waals surface area (Å²) >= 11 is 0. The SMILES string of the molecule is CC(C)Cc1nc2ccccn2c1NCc1ccccc1. The van der Waals surface area contributed by atoms with E-state index in [-0.39, 0.29) is 0 Å². The van der Waals surface area contributed by atoms with E-state index in [1.165, 1.54) is 5.56 Å². The van der Waals surface area contributed by atoms with Crippen LogP contribution < -0.4 is 5.32 Å². The molecule has 1 N–H and O–H groups in total. The summed E-state index contributed by atoms with van der Waals surface area (Å²) in [5.41, 5.74) is 3.43. The van der Waals surface area contributed by atoms with Gasteiger partial charge in [0, 0.05) is 12.7 Å². The van der Waals surface area contributed by atoms with Gasteiger partial charge in [0.05, 0.1) is 5.69 Å². The summed E-state index contributed by atoms with van der Waals surface area (Å²) in [5, 5.41) is 3.56. The molecule has 0 amide bonds. The molecule has 0 radical (unpaired) electrons. The van der Waals surface area contributed by atoms with Crippen LogP contribution in [0.2, 0.25) is 0 Å². The zero-order chi connectivity index (χ0) is 14.7. The lowest BCUT2D eigenvalue weighted by molar-refractivity contribution is 0.638. The van der Waals surface area contributed by atoms with Crippen molar-refractivity contribution < 1.29 is 0 Å². The van der Waals surface area contributed by atoms with Crippen molar-refractivity contribution in [1.29, 1.82) is 0 Å². The molecule has 0 bridgehead atoms. The van der Waals surface area contributed by atoms with E-state index in [0.717, 1.165) is 30.1 Å². The van der Waals surface area contributed by atoms with Crippen LogP contribution in [-0.2, 0) is 13.0 Å². The molecule has 0 saturated heterocycles. The van der Waals surface area contributed by atoms with E-state index in [2.05, 4.69) is 60.1 Å². The average Bonchev–Trinajstić information content (AvgIpc) is 2.82. The van der Waals surface area contributed by atoms with Crippen molar-refractivity contribution in [3.05, 3.63) is 66.0 Å². The smallest absolute Gasteiger partial charge is 0.138 e. The molecule has 0 unspecified atom stereocenters. The van der Waals surface area contributed by atoms with Crippen molar-refractivity contribution >= 4 is 11.5 Å². The first-order chi connectivity index (χ1) is 10.2. The van der Waals surface area contributed by atoms with Gasteiger partial charge in [-0.05, 0) is 30.0 Å². The number of fused-ring (bicyclic) bond motifs is 1. The van der Waals surface area contributed by atoms with Gasteiger partial charge in [0.15, 0.2) is 0 Å². The van der Waals surface area contributed by atoms with Crippen LogP contribution in [0.1, 0.15) is 25.1 Å². The average molecular weight is 279 g/mol. The van der Waals surface area contributed by atoms with Gasteiger partial charge in [0.25, 0.3) is 0 Å². The van der Waals surface area contributed by atoms with E-state index in [4.69, 9.17) is 4.98 Å². The summed E-state index contributed by atoms with van der Waals surface area (Å²) in [7, 11) is 0. The van der Waals surface area contributed by atoms with Crippen molar-refractivity contribution in [1.82, 2.24) is 9.38 Å². The van der Waals surface area contributed by atoms with Gasteiger partial charge in [-0.25, -0.2) is 4.98 Å². The van der Waals surface area contributed by atoms with Crippen molar-refractivity contribution in [2.24, 2.45) is 5.92 Å². The van der Waals surface area contributed by atoms with Crippen LogP contribution in [-0.4, -0.2) is 9.38 Å². The minimum absolute atomic E-state index is 0.590. The molecule has 21 heavy (non-hydrogen) atoms. The Morgan fingerprint density at radius 1 is 1.05 bits per heavy atom. The van der Waals surface area contributed by atoms with Gasteiger partial charge in [-0.2, -0.15) is 0 Å².